The third-order valence-corrected chi connectivity index (χ3v) is 7.62. The number of aromatic amines is 1. The summed E-state index contributed by atoms with van der Waals surface area (Å²) in [5, 5.41) is 1.14. The number of rotatable bonds is 4. The first-order valence-corrected chi connectivity index (χ1v) is 11.4. The van der Waals surface area contributed by atoms with E-state index in [2.05, 4.69) is 36.9 Å². The van der Waals surface area contributed by atoms with Gasteiger partial charge in [-0.1, -0.05) is 18.2 Å². The second-order valence-corrected chi connectivity index (χ2v) is 9.83. The fourth-order valence-electron chi connectivity index (χ4n) is 4.59. The summed E-state index contributed by atoms with van der Waals surface area (Å²) in [6, 6.07) is 10.2. The molecule has 2 atom stereocenters. The van der Waals surface area contributed by atoms with Gasteiger partial charge in [0.25, 0.3) is 0 Å². The summed E-state index contributed by atoms with van der Waals surface area (Å²) in [5.41, 5.74) is 2.18. The Hall–Kier alpha value is -2.29. The third kappa shape index (κ3) is 3.32. The van der Waals surface area contributed by atoms with Crippen LogP contribution in [0.1, 0.15) is 11.4 Å². The molecule has 0 bridgehead atoms. The molecule has 2 fully saturated rings. The van der Waals surface area contributed by atoms with Gasteiger partial charge in [0.1, 0.15) is 5.82 Å². The van der Waals surface area contributed by atoms with Crippen molar-refractivity contribution in [3.8, 4) is 0 Å². The molecule has 0 spiro atoms. The summed E-state index contributed by atoms with van der Waals surface area (Å²) in [6.45, 7) is 3.08. The molecule has 0 aliphatic carbocycles. The third-order valence-electron chi connectivity index (χ3n) is 5.92. The lowest BCUT2D eigenvalue weighted by Crippen LogP contribution is -2.58. The first-order chi connectivity index (χ1) is 13.6. The Morgan fingerprint density at radius 1 is 0.964 bits per heavy atom. The van der Waals surface area contributed by atoms with Crippen molar-refractivity contribution in [1.29, 1.82) is 0 Å². The quantitative estimate of drug-likeness (QED) is 0.717. The summed E-state index contributed by atoms with van der Waals surface area (Å²) in [4.78, 5) is 16.5. The van der Waals surface area contributed by atoms with Gasteiger partial charge in [0, 0.05) is 55.7 Å². The van der Waals surface area contributed by atoms with Crippen LogP contribution in [-0.4, -0.2) is 69.8 Å². The Morgan fingerprint density at radius 2 is 1.75 bits per heavy atom. The Kier molecular flexibility index (Phi) is 4.41. The number of nitrogens with zero attached hydrogens (tertiary/aromatic N) is 4. The SMILES string of the molecule is O=S1(=O)C[C@@H]2[C@H](C1)N(Cc1ncc[nH]1)CCN2Cc1cccc2ncccc12. The number of benzene rings is 1. The molecule has 2 aromatic heterocycles. The molecule has 7 nitrogen and oxygen atoms in total. The van der Waals surface area contributed by atoms with Crippen LogP contribution in [0.4, 0.5) is 0 Å². The lowest BCUT2D eigenvalue weighted by molar-refractivity contribution is 0.0344. The average Bonchev–Trinajstić information content (AvgIpc) is 3.31. The standard InChI is InChI=1S/C20H23N5O2S/c26-28(27)13-18-19(14-28)25(12-20-22-7-8-23-20)10-9-24(18)11-15-3-1-5-17-16(15)4-2-6-21-17/h1-8,18-19H,9-14H2,(H,22,23)/t18-,19+/m1/s1. The fraction of sp³-hybridized carbons (Fsp3) is 0.400. The summed E-state index contributed by atoms with van der Waals surface area (Å²) >= 11 is 0. The van der Waals surface area contributed by atoms with Gasteiger partial charge in [-0.05, 0) is 17.7 Å². The minimum atomic E-state index is -3.03. The highest BCUT2D eigenvalue weighted by molar-refractivity contribution is 7.91. The summed E-state index contributed by atoms with van der Waals surface area (Å²) < 4.78 is 24.9. The number of H-pyrrole nitrogens is 1. The maximum Gasteiger partial charge on any atom is 0.153 e. The minimum absolute atomic E-state index is 0.0111. The molecule has 1 N–H and O–H groups in total. The first-order valence-electron chi connectivity index (χ1n) is 9.58. The number of hydrogen-bond acceptors (Lipinski definition) is 6. The van der Waals surface area contributed by atoms with E-state index in [0.717, 1.165) is 36.4 Å². The van der Waals surface area contributed by atoms with Crippen LogP contribution in [0.2, 0.25) is 0 Å². The molecule has 146 valence electrons. The monoisotopic (exact) mass is 397 g/mol. The zero-order valence-corrected chi connectivity index (χ0v) is 16.3. The molecule has 0 unspecified atom stereocenters. The number of sulfone groups is 1. The second-order valence-electron chi connectivity index (χ2n) is 7.68. The smallest absolute Gasteiger partial charge is 0.153 e. The van der Waals surface area contributed by atoms with E-state index < -0.39 is 9.84 Å². The van der Waals surface area contributed by atoms with Crippen molar-refractivity contribution in [3.63, 3.8) is 0 Å². The van der Waals surface area contributed by atoms with Crippen LogP contribution in [0.5, 0.6) is 0 Å². The van der Waals surface area contributed by atoms with Crippen molar-refractivity contribution >= 4 is 20.7 Å². The topological polar surface area (TPSA) is 82.2 Å². The first kappa shape index (κ1) is 17.8. The van der Waals surface area contributed by atoms with Crippen LogP contribution < -0.4 is 0 Å². The number of fused-ring (bicyclic) bond motifs is 2. The van der Waals surface area contributed by atoms with E-state index in [-0.39, 0.29) is 23.6 Å². The van der Waals surface area contributed by atoms with Gasteiger partial charge in [-0.25, -0.2) is 13.4 Å². The van der Waals surface area contributed by atoms with Crippen molar-refractivity contribution in [1.82, 2.24) is 24.8 Å². The van der Waals surface area contributed by atoms with Crippen LogP contribution in [0.25, 0.3) is 10.9 Å². The number of piperazine rings is 1. The van der Waals surface area contributed by atoms with E-state index in [4.69, 9.17) is 0 Å². The molecular weight excluding hydrogens is 374 g/mol. The van der Waals surface area contributed by atoms with E-state index in [9.17, 15) is 8.42 Å². The molecule has 1 aromatic carbocycles. The average molecular weight is 398 g/mol. The highest BCUT2D eigenvalue weighted by Crippen LogP contribution is 2.30. The molecule has 5 rings (SSSR count). The minimum Gasteiger partial charge on any atom is -0.348 e. The number of imidazole rings is 1. The van der Waals surface area contributed by atoms with Crippen LogP contribution in [0, 0.1) is 0 Å². The largest absolute Gasteiger partial charge is 0.348 e. The zero-order valence-electron chi connectivity index (χ0n) is 15.5. The Balaban J connectivity index is 1.42. The lowest BCUT2D eigenvalue weighted by atomic mass is 10.0. The van der Waals surface area contributed by atoms with Gasteiger partial charge in [-0.15, -0.1) is 0 Å². The molecule has 2 aliphatic heterocycles. The molecule has 3 aromatic rings. The van der Waals surface area contributed by atoms with Gasteiger partial charge in [0.15, 0.2) is 9.84 Å². The fourth-order valence-corrected chi connectivity index (χ4v) is 6.63. The van der Waals surface area contributed by atoms with Gasteiger partial charge in [-0.3, -0.25) is 14.8 Å². The normalized spacial score (nSPS) is 25.1. The van der Waals surface area contributed by atoms with Crippen molar-refractivity contribution < 1.29 is 8.42 Å². The van der Waals surface area contributed by atoms with Crippen molar-refractivity contribution in [2.45, 2.75) is 25.2 Å². The summed E-state index contributed by atoms with van der Waals surface area (Å²) in [6.07, 6.45) is 5.35. The highest BCUT2D eigenvalue weighted by Gasteiger charge is 2.46. The Labute approximate surface area is 164 Å². The molecule has 0 radical (unpaired) electrons. The molecule has 4 heterocycles. The maximum absolute atomic E-state index is 12.5. The van der Waals surface area contributed by atoms with Crippen LogP contribution >= 0.6 is 0 Å². The van der Waals surface area contributed by atoms with Gasteiger partial charge < -0.3 is 4.98 Å². The van der Waals surface area contributed by atoms with Gasteiger partial charge in [0.2, 0.25) is 0 Å². The van der Waals surface area contributed by atoms with Gasteiger partial charge in [-0.2, -0.15) is 0 Å². The van der Waals surface area contributed by atoms with Crippen molar-refractivity contribution in [2.24, 2.45) is 0 Å². The zero-order chi connectivity index (χ0) is 19.1. The van der Waals surface area contributed by atoms with E-state index in [1.807, 2.05) is 24.4 Å². The van der Waals surface area contributed by atoms with E-state index >= 15 is 0 Å². The molecular formula is C20H23N5O2S. The predicted molar refractivity (Wildman–Crippen MR) is 107 cm³/mol. The Morgan fingerprint density at radius 3 is 2.50 bits per heavy atom. The number of nitrogens with one attached hydrogen (secondary N) is 1. The van der Waals surface area contributed by atoms with Crippen molar-refractivity contribution in [2.75, 3.05) is 24.6 Å². The number of hydrogen-bond donors (Lipinski definition) is 1. The predicted octanol–water partition coefficient (Wildman–Crippen LogP) is 1.44. The van der Waals surface area contributed by atoms with Crippen LogP contribution in [0.15, 0.2) is 48.9 Å². The highest BCUT2D eigenvalue weighted by atomic mass is 32.2. The van der Waals surface area contributed by atoms with E-state index in [1.165, 1.54) is 5.56 Å². The summed E-state index contributed by atoms with van der Waals surface area (Å²) in [7, 11) is -3.03. The van der Waals surface area contributed by atoms with Gasteiger partial charge >= 0.3 is 0 Å². The maximum atomic E-state index is 12.5. The number of aromatic nitrogens is 3. The molecule has 0 saturated carbocycles. The van der Waals surface area contributed by atoms with Gasteiger partial charge in [0.05, 0.1) is 23.6 Å². The molecule has 2 aliphatic rings. The second kappa shape index (κ2) is 6.95. The molecule has 0 amide bonds. The Bertz CT molecular complexity index is 1080. The van der Waals surface area contributed by atoms with Crippen LogP contribution in [-0.2, 0) is 22.9 Å². The molecule has 28 heavy (non-hydrogen) atoms. The molecule has 8 heteroatoms. The van der Waals surface area contributed by atoms with E-state index in [0.29, 0.717) is 6.54 Å². The van der Waals surface area contributed by atoms with E-state index in [1.54, 1.807) is 12.4 Å². The number of pyridine rings is 1. The lowest BCUT2D eigenvalue weighted by Gasteiger charge is -2.43. The van der Waals surface area contributed by atoms with Crippen LogP contribution in [0.3, 0.4) is 0 Å². The summed E-state index contributed by atoms with van der Waals surface area (Å²) in [5.74, 6) is 1.35. The van der Waals surface area contributed by atoms with Crippen molar-refractivity contribution in [3.05, 3.63) is 60.3 Å². The molecule has 2 saturated heterocycles.